The van der Waals surface area contributed by atoms with E-state index in [9.17, 15) is 0 Å². The van der Waals surface area contributed by atoms with Crippen LogP contribution in [0, 0.1) is 6.54 Å². The minimum atomic E-state index is 0.646. The van der Waals surface area contributed by atoms with Crippen LogP contribution in [0.1, 0.15) is 5.69 Å². The molecule has 46 valence electrons. The molecule has 0 atom stereocenters. The van der Waals surface area contributed by atoms with Gasteiger partial charge in [0.15, 0.2) is 0 Å². The second-order valence-corrected chi connectivity index (χ2v) is 2.06. The maximum Gasteiger partial charge on any atom is 0.111 e. The number of rotatable bonds is 1. The van der Waals surface area contributed by atoms with Crippen LogP contribution in [0.3, 0.4) is 0 Å². The summed E-state index contributed by atoms with van der Waals surface area (Å²) in [6.07, 6.45) is 1.62. The second-order valence-electron chi connectivity index (χ2n) is 1.55. The van der Waals surface area contributed by atoms with Gasteiger partial charge in [0, 0.05) is 11.1 Å². The van der Waals surface area contributed by atoms with E-state index < -0.39 is 0 Å². The molecule has 0 spiro atoms. The largest absolute Gasteiger partial charge is 0.316 e. The lowest BCUT2D eigenvalue weighted by atomic mass is 10.4. The smallest absolute Gasteiger partial charge is 0.111 e. The van der Waals surface area contributed by atoms with Crippen molar-refractivity contribution < 1.29 is 0 Å². The summed E-state index contributed by atoms with van der Waals surface area (Å²) in [5, 5.41) is 0. The van der Waals surface area contributed by atoms with Gasteiger partial charge in [0.25, 0.3) is 0 Å². The summed E-state index contributed by atoms with van der Waals surface area (Å²) >= 11 is 4.04. The van der Waals surface area contributed by atoms with E-state index in [1.165, 1.54) is 0 Å². The quantitative estimate of drug-likeness (QED) is 0.443. The molecule has 0 fully saturated rings. The highest BCUT2D eigenvalue weighted by atomic mass is 32.1. The molecule has 9 heavy (non-hydrogen) atoms. The topological polar surface area (TPSA) is 38.9 Å². The van der Waals surface area contributed by atoms with Crippen molar-refractivity contribution in [1.82, 2.24) is 4.98 Å². The first kappa shape index (κ1) is 6.58. The van der Waals surface area contributed by atoms with Gasteiger partial charge in [-0.2, -0.15) is 0 Å². The molecule has 1 heterocycles. The predicted octanol–water partition coefficient (Wildman–Crippen LogP) is 0.716. The highest BCUT2D eigenvalue weighted by molar-refractivity contribution is 7.80. The van der Waals surface area contributed by atoms with Crippen molar-refractivity contribution in [1.29, 1.82) is 0 Å². The van der Waals surface area contributed by atoms with Gasteiger partial charge in [-0.3, -0.25) is 4.98 Å². The van der Waals surface area contributed by atoms with Crippen molar-refractivity contribution in [2.75, 3.05) is 0 Å². The van der Waals surface area contributed by atoms with E-state index in [1.807, 2.05) is 6.07 Å². The monoisotopic (exact) mass is 138 g/mol. The normalized spacial score (nSPS) is 9.56. The molecule has 1 rings (SSSR count). The maximum absolute atomic E-state index is 5.06. The molecule has 0 aromatic carbocycles. The lowest BCUT2D eigenvalue weighted by Gasteiger charge is -1.91. The van der Waals surface area contributed by atoms with E-state index in [-0.39, 0.29) is 0 Å². The molecule has 0 aliphatic carbocycles. The van der Waals surface area contributed by atoms with Crippen LogP contribution in [0.2, 0.25) is 0 Å². The first-order valence-electron chi connectivity index (χ1n) is 2.44. The van der Waals surface area contributed by atoms with E-state index in [0.717, 1.165) is 4.90 Å². The molecule has 1 aromatic rings. The van der Waals surface area contributed by atoms with Gasteiger partial charge in [-0.25, -0.2) is 0 Å². The number of nitrogens with two attached hydrogens (primary N) is 1. The van der Waals surface area contributed by atoms with Crippen LogP contribution in [-0.4, -0.2) is 4.98 Å². The van der Waals surface area contributed by atoms with Crippen LogP contribution in [0.4, 0.5) is 0 Å². The van der Waals surface area contributed by atoms with Crippen molar-refractivity contribution in [2.45, 2.75) is 4.90 Å². The van der Waals surface area contributed by atoms with Gasteiger partial charge in [-0.1, -0.05) is 0 Å². The predicted molar refractivity (Wildman–Crippen MR) is 38.0 cm³/mol. The average Bonchev–Trinajstić information content (AvgIpc) is 1.90. The van der Waals surface area contributed by atoms with Crippen LogP contribution >= 0.6 is 12.6 Å². The average molecular weight is 138 g/mol. The van der Waals surface area contributed by atoms with E-state index >= 15 is 0 Å². The van der Waals surface area contributed by atoms with Crippen molar-refractivity contribution in [3.8, 4) is 0 Å². The lowest BCUT2D eigenvalue weighted by Crippen LogP contribution is -1.94. The van der Waals surface area contributed by atoms with Crippen LogP contribution in [0.15, 0.2) is 23.2 Å². The van der Waals surface area contributed by atoms with Gasteiger partial charge < -0.3 is 5.73 Å². The molecule has 0 amide bonds. The number of hydrogen-bond donors (Lipinski definition) is 2. The zero-order valence-electron chi connectivity index (χ0n) is 4.70. The number of nitrogens with zero attached hydrogens (tertiary/aromatic N) is 1. The highest BCUT2D eigenvalue weighted by Crippen LogP contribution is 2.03. The van der Waals surface area contributed by atoms with Gasteiger partial charge in [0.1, 0.15) is 6.54 Å². The van der Waals surface area contributed by atoms with Crippen molar-refractivity contribution >= 4 is 12.6 Å². The number of pyridine rings is 1. The Morgan fingerprint density at radius 3 is 2.78 bits per heavy atom. The molecule has 2 radical (unpaired) electrons. The van der Waals surface area contributed by atoms with E-state index in [2.05, 4.69) is 24.2 Å². The Morgan fingerprint density at radius 2 is 2.33 bits per heavy atom. The third-order valence-corrected chi connectivity index (χ3v) is 1.16. The molecule has 3 heteroatoms. The SMILES string of the molecule is N[C]c1ccc(S)cn1. The van der Waals surface area contributed by atoms with Crippen molar-refractivity contribution in [3.63, 3.8) is 0 Å². The third-order valence-electron chi connectivity index (χ3n) is 0.896. The maximum atomic E-state index is 5.06. The fourth-order valence-corrected chi connectivity index (χ4v) is 0.604. The Kier molecular flexibility index (Phi) is 2.08. The summed E-state index contributed by atoms with van der Waals surface area (Å²) in [6, 6.07) is 3.56. The Hall–Kier alpha value is -0.540. The molecule has 0 aliphatic heterocycles. The number of thiol groups is 1. The standard InChI is InChI=1S/C6H6N2S/c7-3-5-1-2-6(9)4-8-5/h1-2,4,9H,7H2. The Labute approximate surface area is 59.5 Å². The van der Waals surface area contributed by atoms with Crippen LogP contribution in [0.5, 0.6) is 0 Å². The summed E-state index contributed by atoms with van der Waals surface area (Å²) in [7, 11) is 0. The second kappa shape index (κ2) is 2.85. The van der Waals surface area contributed by atoms with E-state index in [0.29, 0.717) is 5.69 Å². The molecular weight excluding hydrogens is 132 g/mol. The summed E-state index contributed by atoms with van der Waals surface area (Å²) in [5.41, 5.74) is 5.71. The fraction of sp³-hybridized carbons (Fsp3) is 0. The molecule has 2 N–H and O–H groups in total. The van der Waals surface area contributed by atoms with Crippen molar-refractivity contribution in [3.05, 3.63) is 30.6 Å². The Morgan fingerprint density at radius 1 is 1.56 bits per heavy atom. The summed E-state index contributed by atoms with van der Waals surface area (Å²) < 4.78 is 0. The molecule has 0 saturated heterocycles. The van der Waals surface area contributed by atoms with Crippen LogP contribution in [-0.2, 0) is 0 Å². The molecule has 0 saturated carbocycles. The van der Waals surface area contributed by atoms with E-state index in [1.54, 1.807) is 12.3 Å². The third kappa shape index (κ3) is 1.69. The summed E-state index contributed by atoms with van der Waals surface area (Å²) in [4.78, 5) is 4.71. The number of hydrogen-bond acceptors (Lipinski definition) is 3. The molecular formula is C6H6N2S. The molecule has 0 aliphatic rings. The van der Waals surface area contributed by atoms with Crippen LogP contribution < -0.4 is 5.73 Å². The molecule has 2 nitrogen and oxygen atoms in total. The minimum Gasteiger partial charge on any atom is -0.316 e. The first-order chi connectivity index (χ1) is 4.33. The van der Waals surface area contributed by atoms with Gasteiger partial charge in [0.05, 0.1) is 5.69 Å². The van der Waals surface area contributed by atoms with Gasteiger partial charge in [0.2, 0.25) is 0 Å². The summed E-state index contributed by atoms with van der Waals surface area (Å²) in [6.45, 7) is 2.41. The number of aromatic nitrogens is 1. The van der Waals surface area contributed by atoms with Gasteiger partial charge >= 0.3 is 0 Å². The summed E-state index contributed by atoms with van der Waals surface area (Å²) in [5.74, 6) is 0. The van der Waals surface area contributed by atoms with Crippen molar-refractivity contribution in [2.24, 2.45) is 5.73 Å². The minimum absolute atomic E-state index is 0.646. The first-order valence-corrected chi connectivity index (χ1v) is 2.89. The zero-order valence-corrected chi connectivity index (χ0v) is 5.60. The van der Waals surface area contributed by atoms with Gasteiger partial charge in [-0.05, 0) is 12.1 Å². The Balaban J connectivity index is 2.88. The van der Waals surface area contributed by atoms with Gasteiger partial charge in [-0.15, -0.1) is 12.6 Å². The molecule has 0 unspecified atom stereocenters. The highest BCUT2D eigenvalue weighted by Gasteiger charge is 1.88. The van der Waals surface area contributed by atoms with E-state index in [4.69, 9.17) is 5.73 Å². The lowest BCUT2D eigenvalue weighted by molar-refractivity contribution is 1.14. The fourth-order valence-electron chi connectivity index (χ4n) is 0.471. The molecule has 0 bridgehead atoms. The molecule has 1 aromatic heterocycles. The zero-order chi connectivity index (χ0) is 6.69. The Bertz CT molecular complexity index is 183. The van der Waals surface area contributed by atoms with Crippen LogP contribution in [0.25, 0.3) is 0 Å².